The molecule has 1 aliphatic heterocycles. The normalized spacial score (nSPS) is 14.4. The molecule has 0 saturated carbocycles. The van der Waals surface area contributed by atoms with Crippen molar-refractivity contribution in [1.82, 2.24) is 9.88 Å². The van der Waals surface area contributed by atoms with E-state index in [2.05, 4.69) is 10.6 Å². The van der Waals surface area contributed by atoms with Gasteiger partial charge in [0.2, 0.25) is 0 Å². The fraction of sp³-hybridized carbons (Fsp3) is 0.222. The van der Waals surface area contributed by atoms with Gasteiger partial charge in [-0.1, -0.05) is 23.2 Å². The number of hydrogen-bond acceptors (Lipinski definition) is 3. The van der Waals surface area contributed by atoms with Crippen molar-refractivity contribution in [2.75, 3.05) is 11.9 Å². The molecule has 0 amide bonds. The topological polar surface area (TPSA) is 49.2 Å². The molecule has 0 radical (unpaired) electrons. The molecule has 0 aliphatic carbocycles. The van der Waals surface area contributed by atoms with Crippen molar-refractivity contribution in [2.24, 2.45) is 0 Å². The highest BCUT2D eigenvalue weighted by Crippen LogP contribution is 2.44. The molecule has 9 heteroatoms. The third-order valence-corrected chi connectivity index (χ3v) is 5.14. The van der Waals surface area contributed by atoms with E-state index >= 15 is 0 Å². The van der Waals surface area contributed by atoms with E-state index in [0.29, 0.717) is 46.4 Å². The molecule has 0 fully saturated rings. The van der Waals surface area contributed by atoms with E-state index in [-0.39, 0.29) is 17.0 Å². The van der Waals surface area contributed by atoms with Crippen molar-refractivity contribution in [3.05, 3.63) is 51.6 Å². The molecule has 4 nitrogen and oxygen atoms in total. The van der Waals surface area contributed by atoms with Crippen LogP contribution in [0.5, 0.6) is 5.88 Å². The zero-order valence-corrected chi connectivity index (χ0v) is 15.3. The highest BCUT2D eigenvalue weighted by Gasteiger charge is 2.36. The first-order valence-electron chi connectivity index (χ1n) is 8.14. The average molecular weight is 416 g/mol. The summed E-state index contributed by atoms with van der Waals surface area (Å²) in [6.07, 6.45) is -4.63. The molecule has 27 heavy (non-hydrogen) atoms. The van der Waals surface area contributed by atoms with Gasteiger partial charge in [0.1, 0.15) is 0 Å². The van der Waals surface area contributed by atoms with E-state index in [0.717, 1.165) is 6.07 Å². The first kappa shape index (κ1) is 18.3. The molecular formula is C18H14Cl2F3N3O. The summed E-state index contributed by atoms with van der Waals surface area (Å²) < 4.78 is 42.7. The number of aromatic hydroxyl groups is 1. The molecule has 4 rings (SSSR count). The van der Waals surface area contributed by atoms with Gasteiger partial charge < -0.3 is 20.3 Å². The molecule has 3 aromatic rings. The molecule has 3 N–H and O–H groups in total. The van der Waals surface area contributed by atoms with Gasteiger partial charge >= 0.3 is 6.18 Å². The number of benzene rings is 2. The summed E-state index contributed by atoms with van der Waals surface area (Å²) in [4.78, 5) is 0. The van der Waals surface area contributed by atoms with Gasteiger partial charge in [-0.05, 0) is 30.3 Å². The molecule has 142 valence electrons. The van der Waals surface area contributed by atoms with Crippen LogP contribution in [0.2, 0.25) is 10.0 Å². The zero-order chi connectivity index (χ0) is 19.3. The molecule has 0 bridgehead atoms. The van der Waals surface area contributed by atoms with Gasteiger partial charge in [-0.15, -0.1) is 0 Å². The molecule has 0 spiro atoms. The minimum absolute atomic E-state index is 0.191. The molecular weight excluding hydrogens is 402 g/mol. The van der Waals surface area contributed by atoms with Crippen LogP contribution in [0.25, 0.3) is 10.8 Å². The van der Waals surface area contributed by atoms with E-state index < -0.39 is 11.7 Å². The van der Waals surface area contributed by atoms with Crippen molar-refractivity contribution in [2.45, 2.75) is 19.3 Å². The lowest BCUT2D eigenvalue weighted by Crippen LogP contribution is -2.27. The van der Waals surface area contributed by atoms with Gasteiger partial charge in [0.15, 0.2) is 5.88 Å². The van der Waals surface area contributed by atoms with Gasteiger partial charge in [0, 0.05) is 41.4 Å². The standard InChI is InChI=1S/C18H14Cl2F3N3O/c19-9-1-2-13(20)14(5-9)25-10-6-11-15-8-24-3-4-26(15)17(27)16(11)12(7-10)18(21,22)23/h1-2,5-7,24-25,27H,3-4,8H2. The van der Waals surface area contributed by atoms with Gasteiger partial charge in [0.05, 0.1) is 21.7 Å². The summed E-state index contributed by atoms with van der Waals surface area (Å²) in [5.41, 5.74) is 0.310. The fourth-order valence-corrected chi connectivity index (χ4v) is 3.73. The van der Waals surface area contributed by atoms with Crippen LogP contribution in [-0.2, 0) is 19.3 Å². The predicted octanol–water partition coefficient (Wildman–Crippen LogP) is 5.52. The van der Waals surface area contributed by atoms with Gasteiger partial charge in [-0.3, -0.25) is 0 Å². The highest BCUT2D eigenvalue weighted by atomic mass is 35.5. The van der Waals surface area contributed by atoms with Crippen LogP contribution in [0.1, 0.15) is 11.3 Å². The largest absolute Gasteiger partial charge is 0.494 e. The first-order chi connectivity index (χ1) is 12.8. The number of hydrogen-bond donors (Lipinski definition) is 3. The number of nitrogens with one attached hydrogen (secondary N) is 2. The molecule has 2 aromatic carbocycles. The third kappa shape index (κ3) is 3.20. The number of halogens is 5. The van der Waals surface area contributed by atoms with E-state index in [1.165, 1.54) is 10.6 Å². The second-order valence-corrected chi connectivity index (χ2v) is 7.14. The SMILES string of the molecule is Oc1c2c(C(F)(F)F)cc(Nc3cc(Cl)ccc3Cl)cc2c2n1CCNC2. The van der Waals surface area contributed by atoms with Crippen molar-refractivity contribution in [3.8, 4) is 5.88 Å². The smallest absolute Gasteiger partial charge is 0.417 e. The second kappa shape index (κ2) is 6.51. The van der Waals surface area contributed by atoms with Crippen molar-refractivity contribution >= 4 is 45.3 Å². The van der Waals surface area contributed by atoms with E-state index in [1.807, 2.05) is 0 Å². The third-order valence-electron chi connectivity index (χ3n) is 4.57. The Morgan fingerprint density at radius 2 is 1.93 bits per heavy atom. The predicted molar refractivity (Wildman–Crippen MR) is 100 cm³/mol. The van der Waals surface area contributed by atoms with Crippen LogP contribution < -0.4 is 10.6 Å². The lowest BCUT2D eigenvalue weighted by molar-refractivity contribution is -0.136. The van der Waals surface area contributed by atoms with Gasteiger partial charge in [-0.2, -0.15) is 13.2 Å². The number of aromatic nitrogens is 1. The summed E-state index contributed by atoms with van der Waals surface area (Å²) in [7, 11) is 0. The minimum atomic E-state index is -4.63. The van der Waals surface area contributed by atoms with Crippen molar-refractivity contribution in [1.29, 1.82) is 0 Å². The van der Waals surface area contributed by atoms with E-state index in [1.54, 1.807) is 18.2 Å². The Bertz CT molecular complexity index is 1050. The monoisotopic (exact) mass is 415 g/mol. The maximum Gasteiger partial charge on any atom is 0.417 e. The fourth-order valence-electron chi connectivity index (χ4n) is 3.39. The molecule has 2 heterocycles. The Morgan fingerprint density at radius 1 is 1.15 bits per heavy atom. The minimum Gasteiger partial charge on any atom is -0.494 e. The molecule has 1 aromatic heterocycles. The molecule has 0 atom stereocenters. The maximum atomic E-state index is 13.7. The number of alkyl halides is 3. The van der Waals surface area contributed by atoms with Crippen LogP contribution in [-0.4, -0.2) is 16.2 Å². The number of fused-ring (bicyclic) bond motifs is 3. The van der Waals surface area contributed by atoms with E-state index in [4.69, 9.17) is 23.2 Å². The lowest BCUT2D eigenvalue weighted by Gasteiger charge is -2.17. The van der Waals surface area contributed by atoms with Crippen molar-refractivity contribution < 1.29 is 18.3 Å². The van der Waals surface area contributed by atoms with Crippen LogP contribution in [0.3, 0.4) is 0 Å². The van der Waals surface area contributed by atoms with Crippen LogP contribution >= 0.6 is 23.2 Å². The lowest BCUT2D eigenvalue weighted by atomic mass is 10.0. The molecule has 1 aliphatic rings. The maximum absolute atomic E-state index is 13.7. The number of anilines is 2. The summed E-state index contributed by atoms with van der Waals surface area (Å²) in [6.45, 7) is 1.35. The first-order valence-corrected chi connectivity index (χ1v) is 8.89. The Morgan fingerprint density at radius 3 is 2.67 bits per heavy atom. The number of rotatable bonds is 2. The second-order valence-electron chi connectivity index (χ2n) is 6.29. The van der Waals surface area contributed by atoms with Crippen molar-refractivity contribution in [3.63, 3.8) is 0 Å². The quantitative estimate of drug-likeness (QED) is 0.516. The van der Waals surface area contributed by atoms with Gasteiger partial charge in [-0.25, -0.2) is 0 Å². The van der Waals surface area contributed by atoms with Crippen LogP contribution in [0.4, 0.5) is 24.5 Å². The van der Waals surface area contributed by atoms with Crippen LogP contribution in [0.15, 0.2) is 30.3 Å². The summed E-state index contributed by atoms with van der Waals surface area (Å²) in [5, 5.41) is 17.3. The van der Waals surface area contributed by atoms with E-state index in [9.17, 15) is 18.3 Å². The van der Waals surface area contributed by atoms with Crippen LogP contribution in [0, 0.1) is 0 Å². The Balaban J connectivity index is 1.93. The summed E-state index contributed by atoms with van der Waals surface area (Å²) in [6, 6.07) is 7.24. The Labute approximate surface area is 162 Å². The Kier molecular flexibility index (Phi) is 4.41. The number of nitrogens with zero attached hydrogens (tertiary/aromatic N) is 1. The average Bonchev–Trinajstić information content (AvgIpc) is 2.90. The Hall–Kier alpha value is -2.09. The molecule has 0 unspecified atom stereocenters. The zero-order valence-electron chi connectivity index (χ0n) is 13.8. The summed E-state index contributed by atoms with van der Waals surface area (Å²) >= 11 is 12.1. The summed E-state index contributed by atoms with van der Waals surface area (Å²) in [5.74, 6) is -0.360. The van der Waals surface area contributed by atoms with Gasteiger partial charge in [0.25, 0.3) is 0 Å². The highest BCUT2D eigenvalue weighted by molar-refractivity contribution is 6.35. The molecule has 0 saturated heterocycles.